The molecule has 1 atom stereocenters. The summed E-state index contributed by atoms with van der Waals surface area (Å²) in [5.74, 6) is -0.252. The van der Waals surface area contributed by atoms with Gasteiger partial charge >= 0.3 is 0 Å². The van der Waals surface area contributed by atoms with Gasteiger partial charge in [-0.3, -0.25) is 9.59 Å². The standard InChI is InChI=1S/C10H21N3O2/c1-5-8(2)11-6-9(14)12-7-10(15)13(3)4/h8,11H,5-7H2,1-4H3,(H,12,14). The number of carbonyl (C=O) groups excluding carboxylic acids is 2. The Labute approximate surface area is 91.2 Å². The number of likely N-dealkylation sites (N-methyl/N-ethyl adjacent to an activating group) is 1. The molecule has 5 nitrogen and oxygen atoms in total. The normalized spacial score (nSPS) is 12.0. The van der Waals surface area contributed by atoms with Crippen LogP contribution >= 0.6 is 0 Å². The van der Waals surface area contributed by atoms with Crippen molar-refractivity contribution in [3.05, 3.63) is 0 Å². The van der Waals surface area contributed by atoms with Gasteiger partial charge in [0.2, 0.25) is 11.8 Å². The molecule has 0 radical (unpaired) electrons. The van der Waals surface area contributed by atoms with Crippen molar-refractivity contribution in [3.8, 4) is 0 Å². The molecule has 1 unspecified atom stereocenters. The van der Waals surface area contributed by atoms with Crippen LogP contribution in [0.4, 0.5) is 0 Å². The molecule has 0 aromatic carbocycles. The van der Waals surface area contributed by atoms with E-state index in [9.17, 15) is 9.59 Å². The molecule has 0 saturated heterocycles. The Morgan fingerprint density at radius 1 is 1.27 bits per heavy atom. The second kappa shape index (κ2) is 7.23. The van der Waals surface area contributed by atoms with Crippen LogP contribution in [0.3, 0.4) is 0 Å². The molecular formula is C10H21N3O2. The molecular weight excluding hydrogens is 194 g/mol. The molecule has 5 heteroatoms. The molecule has 15 heavy (non-hydrogen) atoms. The number of carbonyl (C=O) groups is 2. The van der Waals surface area contributed by atoms with Crippen LogP contribution in [-0.2, 0) is 9.59 Å². The predicted molar refractivity (Wildman–Crippen MR) is 59.5 cm³/mol. The van der Waals surface area contributed by atoms with E-state index in [1.165, 1.54) is 4.90 Å². The first-order valence-corrected chi connectivity index (χ1v) is 5.17. The minimum Gasteiger partial charge on any atom is -0.347 e. The number of hydrogen-bond donors (Lipinski definition) is 2. The maximum atomic E-state index is 11.2. The number of amides is 2. The first-order valence-electron chi connectivity index (χ1n) is 5.17. The molecule has 2 amide bonds. The van der Waals surface area contributed by atoms with E-state index in [0.29, 0.717) is 6.04 Å². The molecule has 0 spiro atoms. The van der Waals surface area contributed by atoms with Crippen LogP contribution in [0.1, 0.15) is 20.3 Å². The van der Waals surface area contributed by atoms with Crippen LogP contribution in [0.5, 0.6) is 0 Å². The van der Waals surface area contributed by atoms with Crippen molar-refractivity contribution in [3.63, 3.8) is 0 Å². The highest BCUT2D eigenvalue weighted by atomic mass is 16.2. The SMILES string of the molecule is CCC(C)NCC(=O)NCC(=O)N(C)C. The number of nitrogens with one attached hydrogen (secondary N) is 2. The minimum atomic E-state index is -0.148. The Hall–Kier alpha value is -1.10. The quantitative estimate of drug-likeness (QED) is 0.632. The van der Waals surface area contributed by atoms with Gasteiger partial charge < -0.3 is 15.5 Å². The van der Waals surface area contributed by atoms with Crippen molar-refractivity contribution in [1.29, 1.82) is 0 Å². The summed E-state index contributed by atoms with van der Waals surface area (Å²) in [6.07, 6.45) is 0.976. The van der Waals surface area contributed by atoms with Gasteiger partial charge in [0.05, 0.1) is 13.1 Å². The van der Waals surface area contributed by atoms with Crippen LogP contribution in [0.2, 0.25) is 0 Å². The second-order valence-electron chi connectivity index (χ2n) is 3.76. The third kappa shape index (κ3) is 6.90. The molecule has 88 valence electrons. The van der Waals surface area contributed by atoms with Crippen LogP contribution in [0.25, 0.3) is 0 Å². The average molecular weight is 215 g/mol. The van der Waals surface area contributed by atoms with E-state index in [2.05, 4.69) is 10.6 Å². The largest absolute Gasteiger partial charge is 0.347 e. The first kappa shape index (κ1) is 13.9. The summed E-state index contributed by atoms with van der Waals surface area (Å²) >= 11 is 0. The van der Waals surface area contributed by atoms with E-state index in [4.69, 9.17) is 0 Å². The van der Waals surface area contributed by atoms with Gasteiger partial charge in [0.25, 0.3) is 0 Å². The summed E-state index contributed by atoms with van der Waals surface area (Å²) in [6, 6.07) is 0.320. The van der Waals surface area contributed by atoms with Crippen molar-refractivity contribution < 1.29 is 9.59 Å². The maximum absolute atomic E-state index is 11.2. The smallest absolute Gasteiger partial charge is 0.241 e. The van der Waals surface area contributed by atoms with Crippen molar-refractivity contribution >= 4 is 11.8 Å². The molecule has 0 aliphatic carbocycles. The molecule has 2 N–H and O–H groups in total. The predicted octanol–water partition coefficient (Wildman–Crippen LogP) is -0.421. The molecule has 0 aromatic rings. The molecule has 0 fully saturated rings. The molecule has 0 saturated carbocycles. The zero-order valence-corrected chi connectivity index (χ0v) is 9.96. The lowest BCUT2D eigenvalue weighted by Crippen LogP contribution is -2.42. The van der Waals surface area contributed by atoms with Gasteiger partial charge in [0.15, 0.2) is 0 Å². The Balaban J connectivity index is 3.62. The van der Waals surface area contributed by atoms with Gasteiger partial charge in [-0.15, -0.1) is 0 Å². The van der Waals surface area contributed by atoms with Crippen LogP contribution < -0.4 is 10.6 Å². The van der Waals surface area contributed by atoms with Gasteiger partial charge in [-0.1, -0.05) is 6.92 Å². The number of rotatable bonds is 6. The summed E-state index contributed by atoms with van der Waals surface area (Å²) in [7, 11) is 3.32. The summed E-state index contributed by atoms with van der Waals surface area (Å²) in [5, 5.41) is 5.60. The highest BCUT2D eigenvalue weighted by Crippen LogP contribution is 1.85. The number of hydrogen-bond acceptors (Lipinski definition) is 3. The fourth-order valence-electron chi connectivity index (χ4n) is 0.806. The van der Waals surface area contributed by atoms with Gasteiger partial charge in [-0.25, -0.2) is 0 Å². The highest BCUT2D eigenvalue weighted by Gasteiger charge is 2.07. The van der Waals surface area contributed by atoms with E-state index in [-0.39, 0.29) is 24.9 Å². The van der Waals surface area contributed by atoms with Crippen molar-refractivity contribution in [2.45, 2.75) is 26.3 Å². The lowest BCUT2D eigenvalue weighted by molar-refractivity contribution is -0.130. The summed E-state index contributed by atoms with van der Waals surface area (Å²) in [5.41, 5.74) is 0. The van der Waals surface area contributed by atoms with E-state index in [1.54, 1.807) is 14.1 Å². The Morgan fingerprint density at radius 3 is 2.33 bits per heavy atom. The van der Waals surface area contributed by atoms with Crippen LogP contribution in [-0.4, -0.2) is 49.9 Å². The number of nitrogens with zero attached hydrogens (tertiary/aromatic N) is 1. The van der Waals surface area contributed by atoms with Gasteiger partial charge in [0, 0.05) is 20.1 Å². The van der Waals surface area contributed by atoms with E-state index >= 15 is 0 Å². The molecule has 0 aromatic heterocycles. The maximum Gasteiger partial charge on any atom is 0.241 e. The fourth-order valence-corrected chi connectivity index (χ4v) is 0.806. The van der Waals surface area contributed by atoms with Crippen LogP contribution in [0, 0.1) is 0 Å². The lowest BCUT2D eigenvalue weighted by Gasteiger charge is -2.13. The second-order valence-corrected chi connectivity index (χ2v) is 3.76. The Morgan fingerprint density at radius 2 is 1.87 bits per heavy atom. The Bertz CT molecular complexity index is 217. The monoisotopic (exact) mass is 215 g/mol. The zero-order chi connectivity index (χ0) is 11.8. The third-order valence-electron chi connectivity index (χ3n) is 2.16. The topological polar surface area (TPSA) is 61.4 Å². The van der Waals surface area contributed by atoms with E-state index < -0.39 is 0 Å². The first-order chi connectivity index (χ1) is 6.97. The Kier molecular flexibility index (Phi) is 6.70. The molecule has 0 rings (SSSR count). The van der Waals surface area contributed by atoms with Crippen molar-refractivity contribution in [2.24, 2.45) is 0 Å². The summed E-state index contributed by atoms with van der Waals surface area (Å²) in [4.78, 5) is 23.8. The van der Waals surface area contributed by atoms with Gasteiger partial charge in [0.1, 0.15) is 0 Å². The summed E-state index contributed by atoms with van der Waals surface area (Å²) < 4.78 is 0. The summed E-state index contributed by atoms with van der Waals surface area (Å²) in [6.45, 7) is 4.38. The lowest BCUT2D eigenvalue weighted by atomic mass is 10.2. The van der Waals surface area contributed by atoms with Gasteiger partial charge in [-0.2, -0.15) is 0 Å². The van der Waals surface area contributed by atoms with Gasteiger partial charge in [-0.05, 0) is 13.3 Å². The molecule has 0 aliphatic rings. The third-order valence-corrected chi connectivity index (χ3v) is 2.16. The van der Waals surface area contributed by atoms with E-state index in [1.807, 2.05) is 13.8 Å². The van der Waals surface area contributed by atoms with Crippen molar-refractivity contribution in [2.75, 3.05) is 27.2 Å². The van der Waals surface area contributed by atoms with E-state index in [0.717, 1.165) is 6.42 Å². The minimum absolute atomic E-state index is 0.0635. The van der Waals surface area contributed by atoms with Crippen LogP contribution in [0.15, 0.2) is 0 Å². The fraction of sp³-hybridized carbons (Fsp3) is 0.800. The zero-order valence-electron chi connectivity index (χ0n) is 9.96. The highest BCUT2D eigenvalue weighted by molar-refractivity contribution is 5.85. The molecule has 0 bridgehead atoms. The molecule has 0 heterocycles. The van der Waals surface area contributed by atoms with Crippen molar-refractivity contribution in [1.82, 2.24) is 15.5 Å². The molecule has 0 aliphatic heterocycles. The average Bonchev–Trinajstić information content (AvgIpc) is 2.21.